The predicted octanol–water partition coefficient (Wildman–Crippen LogP) is 7.73. The number of hydrogen-bond donors (Lipinski definition) is 3. The summed E-state index contributed by atoms with van der Waals surface area (Å²) in [6.07, 6.45) is 6.60. The van der Waals surface area contributed by atoms with Gasteiger partial charge in [-0.15, -0.1) is 0 Å². The monoisotopic (exact) mass is 469 g/mol. The fourth-order valence-electron chi connectivity index (χ4n) is 3.66. The molecule has 0 spiro atoms. The quantitative estimate of drug-likeness (QED) is 0.296. The van der Waals surface area contributed by atoms with Crippen LogP contribution in [0.2, 0.25) is 0 Å². The fourth-order valence-corrected chi connectivity index (χ4v) is 3.66. The zero-order valence-electron chi connectivity index (χ0n) is 22.4. The molecule has 3 aromatic carbocycles. The van der Waals surface area contributed by atoms with E-state index in [1.54, 1.807) is 0 Å². The van der Waals surface area contributed by atoms with Crippen molar-refractivity contribution in [1.82, 2.24) is 5.32 Å². The van der Waals surface area contributed by atoms with Gasteiger partial charge in [0.2, 0.25) is 0 Å². The molecular weight excluding hydrogens is 426 g/mol. The first kappa shape index (κ1) is 29.8. The Labute approximate surface area is 213 Å². The molecule has 0 fully saturated rings. The Balaban J connectivity index is 0.000000425. The Kier molecular flexibility index (Phi) is 13.9. The number of rotatable bonds is 8. The fraction of sp³-hybridized carbons (Fsp3) is 0.281. The SMILES string of the molecule is C=Cc1ccc(C)c(C(=N)/C=C/c2ccc(CN)cc2)c1CC.CC.CNC(C)c1ccccc1. The van der Waals surface area contributed by atoms with Crippen LogP contribution in [0.15, 0.2) is 79.4 Å². The maximum absolute atomic E-state index is 8.47. The molecule has 4 N–H and O–H groups in total. The molecule has 0 aromatic heterocycles. The number of aryl methyl sites for hydroxylation is 1. The van der Waals surface area contributed by atoms with Crippen molar-refractivity contribution in [1.29, 1.82) is 5.41 Å². The first-order valence-corrected chi connectivity index (χ1v) is 12.5. The highest BCUT2D eigenvalue weighted by atomic mass is 14.8. The zero-order chi connectivity index (χ0) is 26.2. The molecule has 3 aromatic rings. The molecule has 0 saturated heterocycles. The first-order chi connectivity index (χ1) is 16.9. The highest BCUT2D eigenvalue weighted by molar-refractivity contribution is 6.11. The molecule has 0 aliphatic rings. The predicted molar refractivity (Wildman–Crippen MR) is 156 cm³/mol. The minimum absolute atomic E-state index is 0.459. The van der Waals surface area contributed by atoms with Crippen molar-refractivity contribution in [3.05, 3.63) is 118 Å². The lowest BCUT2D eigenvalue weighted by Crippen LogP contribution is -2.11. The third kappa shape index (κ3) is 9.12. The van der Waals surface area contributed by atoms with Gasteiger partial charge in [0.25, 0.3) is 0 Å². The molecule has 3 rings (SSSR count). The van der Waals surface area contributed by atoms with Crippen molar-refractivity contribution < 1.29 is 0 Å². The summed E-state index contributed by atoms with van der Waals surface area (Å²) in [6, 6.07) is 23.1. The Morgan fingerprint density at radius 2 is 1.66 bits per heavy atom. The molecule has 0 bridgehead atoms. The lowest BCUT2D eigenvalue weighted by Gasteiger charge is -2.14. The van der Waals surface area contributed by atoms with E-state index >= 15 is 0 Å². The molecule has 0 saturated carbocycles. The van der Waals surface area contributed by atoms with Crippen LogP contribution in [0.1, 0.15) is 72.7 Å². The van der Waals surface area contributed by atoms with Gasteiger partial charge in [0, 0.05) is 18.2 Å². The van der Waals surface area contributed by atoms with E-state index in [0.29, 0.717) is 18.3 Å². The maximum Gasteiger partial charge on any atom is 0.0618 e. The Morgan fingerprint density at radius 1 is 1.03 bits per heavy atom. The van der Waals surface area contributed by atoms with Gasteiger partial charge in [0.15, 0.2) is 0 Å². The van der Waals surface area contributed by atoms with Crippen molar-refractivity contribution >= 4 is 17.9 Å². The van der Waals surface area contributed by atoms with Gasteiger partial charge in [-0.25, -0.2) is 0 Å². The standard InChI is InChI=1S/C21H24N2.C9H13N.C2H6/c1-4-18-12-6-15(3)21(19(18)5-2)20(23)13-11-16-7-9-17(14-22)10-8-16;1-8(10-2)9-6-4-3-5-7-9;1-2/h4,6-13,23H,1,5,14,22H2,2-3H3;3-8,10H,1-2H3;1-2H3/b13-11+,23-20?;;. The van der Waals surface area contributed by atoms with Crippen LogP contribution >= 0.6 is 0 Å². The second kappa shape index (κ2) is 16.4. The van der Waals surface area contributed by atoms with E-state index in [9.17, 15) is 0 Å². The smallest absolute Gasteiger partial charge is 0.0618 e. The van der Waals surface area contributed by atoms with E-state index in [1.165, 1.54) is 11.1 Å². The second-order valence-corrected chi connectivity index (χ2v) is 8.00. The molecule has 0 heterocycles. The van der Waals surface area contributed by atoms with E-state index in [0.717, 1.165) is 34.2 Å². The Morgan fingerprint density at radius 3 is 2.17 bits per heavy atom. The van der Waals surface area contributed by atoms with Gasteiger partial charge >= 0.3 is 0 Å². The van der Waals surface area contributed by atoms with Gasteiger partial charge in [-0.3, -0.25) is 0 Å². The largest absolute Gasteiger partial charge is 0.326 e. The molecule has 1 unspecified atom stereocenters. The summed E-state index contributed by atoms with van der Waals surface area (Å²) in [5.74, 6) is 0. The van der Waals surface area contributed by atoms with Crippen LogP contribution in [0.25, 0.3) is 12.2 Å². The van der Waals surface area contributed by atoms with Gasteiger partial charge in [-0.1, -0.05) is 106 Å². The molecule has 1 atom stereocenters. The number of benzene rings is 3. The highest BCUT2D eigenvalue weighted by Gasteiger charge is 2.11. The lowest BCUT2D eigenvalue weighted by atomic mass is 9.91. The molecule has 35 heavy (non-hydrogen) atoms. The Bertz CT molecular complexity index is 1060. The first-order valence-electron chi connectivity index (χ1n) is 12.5. The van der Waals surface area contributed by atoms with Crippen LogP contribution in [-0.4, -0.2) is 12.8 Å². The summed E-state index contributed by atoms with van der Waals surface area (Å²) in [7, 11) is 1.97. The molecule has 0 amide bonds. The van der Waals surface area contributed by atoms with E-state index in [4.69, 9.17) is 11.1 Å². The normalized spacial score (nSPS) is 11.1. The topological polar surface area (TPSA) is 61.9 Å². The van der Waals surface area contributed by atoms with Gasteiger partial charge in [-0.05, 0) is 66.8 Å². The maximum atomic E-state index is 8.47. The van der Waals surface area contributed by atoms with Crippen LogP contribution in [0.4, 0.5) is 0 Å². The second-order valence-electron chi connectivity index (χ2n) is 8.00. The molecular formula is C32H43N3. The molecule has 0 aliphatic carbocycles. The van der Waals surface area contributed by atoms with Crippen LogP contribution in [-0.2, 0) is 13.0 Å². The van der Waals surface area contributed by atoms with Crippen LogP contribution in [0.5, 0.6) is 0 Å². The molecule has 186 valence electrons. The molecule has 3 nitrogen and oxygen atoms in total. The van der Waals surface area contributed by atoms with Crippen LogP contribution in [0, 0.1) is 12.3 Å². The summed E-state index contributed by atoms with van der Waals surface area (Å²) < 4.78 is 0. The Hall–Kier alpha value is -3.27. The summed E-state index contributed by atoms with van der Waals surface area (Å²) >= 11 is 0. The third-order valence-corrected chi connectivity index (χ3v) is 5.79. The number of hydrogen-bond acceptors (Lipinski definition) is 3. The average Bonchev–Trinajstić information content (AvgIpc) is 2.93. The van der Waals surface area contributed by atoms with Gasteiger partial charge < -0.3 is 16.5 Å². The minimum atomic E-state index is 0.459. The highest BCUT2D eigenvalue weighted by Crippen LogP contribution is 2.22. The summed E-state index contributed by atoms with van der Waals surface area (Å²) in [4.78, 5) is 0. The van der Waals surface area contributed by atoms with Crippen molar-refractivity contribution in [2.75, 3.05) is 7.05 Å². The van der Waals surface area contributed by atoms with Crippen molar-refractivity contribution in [3.8, 4) is 0 Å². The van der Waals surface area contributed by atoms with Crippen molar-refractivity contribution in [2.24, 2.45) is 5.73 Å². The molecule has 0 aliphatic heterocycles. The average molecular weight is 470 g/mol. The van der Waals surface area contributed by atoms with Crippen molar-refractivity contribution in [3.63, 3.8) is 0 Å². The van der Waals surface area contributed by atoms with Crippen LogP contribution < -0.4 is 11.1 Å². The van der Waals surface area contributed by atoms with E-state index in [2.05, 4.69) is 69.1 Å². The number of nitrogens with two attached hydrogens (primary N) is 1. The lowest BCUT2D eigenvalue weighted by molar-refractivity contribution is 0.652. The summed E-state index contributed by atoms with van der Waals surface area (Å²) in [5, 5.41) is 11.7. The summed E-state index contributed by atoms with van der Waals surface area (Å²) in [5.41, 5.74) is 14.1. The zero-order valence-corrected chi connectivity index (χ0v) is 22.4. The van der Waals surface area contributed by atoms with E-state index < -0.39 is 0 Å². The minimum Gasteiger partial charge on any atom is -0.326 e. The van der Waals surface area contributed by atoms with Gasteiger partial charge in [0.05, 0.1) is 5.71 Å². The molecule has 3 heteroatoms. The van der Waals surface area contributed by atoms with E-state index in [1.807, 2.05) is 69.5 Å². The summed E-state index contributed by atoms with van der Waals surface area (Å²) in [6.45, 7) is 14.8. The number of nitrogens with one attached hydrogen (secondary N) is 2. The van der Waals surface area contributed by atoms with Gasteiger partial charge in [-0.2, -0.15) is 0 Å². The van der Waals surface area contributed by atoms with Crippen molar-refractivity contribution in [2.45, 2.75) is 53.6 Å². The van der Waals surface area contributed by atoms with Gasteiger partial charge in [0.1, 0.15) is 0 Å². The molecule has 0 radical (unpaired) electrons. The number of allylic oxidation sites excluding steroid dienone is 1. The van der Waals surface area contributed by atoms with Crippen LogP contribution in [0.3, 0.4) is 0 Å². The van der Waals surface area contributed by atoms with E-state index in [-0.39, 0.29) is 0 Å². The third-order valence-electron chi connectivity index (χ3n) is 5.79.